The van der Waals surface area contributed by atoms with Crippen LogP contribution in [0.2, 0.25) is 0 Å². The molecular formula is C12H22N2O3. The Morgan fingerprint density at radius 1 is 1.47 bits per heavy atom. The highest BCUT2D eigenvalue weighted by Gasteiger charge is 2.26. The summed E-state index contributed by atoms with van der Waals surface area (Å²) in [6.45, 7) is 3.98. The number of hydrogen-bond acceptors (Lipinski definition) is 2. The van der Waals surface area contributed by atoms with Crippen molar-refractivity contribution in [3.63, 3.8) is 0 Å². The van der Waals surface area contributed by atoms with Crippen LogP contribution in [-0.4, -0.2) is 41.6 Å². The van der Waals surface area contributed by atoms with E-state index >= 15 is 0 Å². The van der Waals surface area contributed by atoms with E-state index in [1.54, 1.807) is 14.0 Å². The summed E-state index contributed by atoms with van der Waals surface area (Å²) in [6, 6.07) is 0.0712. The number of carboxylic acids is 1. The van der Waals surface area contributed by atoms with Crippen LogP contribution in [0.3, 0.4) is 0 Å². The molecule has 0 radical (unpaired) electrons. The summed E-state index contributed by atoms with van der Waals surface area (Å²) in [6.07, 6.45) is 3.33. The largest absolute Gasteiger partial charge is 0.481 e. The fourth-order valence-electron chi connectivity index (χ4n) is 2.20. The zero-order chi connectivity index (χ0) is 13.0. The molecule has 0 aliphatic heterocycles. The van der Waals surface area contributed by atoms with Crippen molar-refractivity contribution in [1.82, 2.24) is 10.2 Å². The van der Waals surface area contributed by atoms with Crippen molar-refractivity contribution in [1.29, 1.82) is 0 Å². The zero-order valence-electron chi connectivity index (χ0n) is 10.8. The van der Waals surface area contributed by atoms with Gasteiger partial charge < -0.3 is 15.3 Å². The number of nitrogens with one attached hydrogen (secondary N) is 1. The van der Waals surface area contributed by atoms with Crippen LogP contribution in [0.15, 0.2) is 0 Å². The molecule has 5 nitrogen and oxygen atoms in total. The minimum Gasteiger partial charge on any atom is -0.481 e. The first-order valence-corrected chi connectivity index (χ1v) is 6.16. The average molecular weight is 242 g/mol. The second-order valence-corrected chi connectivity index (χ2v) is 5.08. The molecule has 2 N–H and O–H groups in total. The third-order valence-corrected chi connectivity index (χ3v) is 3.49. The molecule has 0 aromatic rings. The monoisotopic (exact) mass is 242 g/mol. The summed E-state index contributed by atoms with van der Waals surface area (Å²) < 4.78 is 0. The van der Waals surface area contributed by atoms with Gasteiger partial charge in [-0.25, -0.2) is 4.79 Å². The van der Waals surface area contributed by atoms with Gasteiger partial charge in [0.15, 0.2) is 0 Å². The number of aliphatic carboxylic acids is 1. The van der Waals surface area contributed by atoms with Gasteiger partial charge in [-0.1, -0.05) is 20.3 Å². The molecule has 0 spiro atoms. The summed E-state index contributed by atoms with van der Waals surface area (Å²) in [5, 5.41) is 11.7. The first kappa shape index (κ1) is 13.8. The number of rotatable bonds is 4. The van der Waals surface area contributed by atoms with E-state index in [1.165, 1.54) is 4.90 Å². The topological polar surface area (TPSA) is 69.6 Å². The number of carboxylic acid groups (broad SMARTS) is 1. The number of nitrogens with zero attached hydrogens (tertiary/aromatic N) is 1. The van der Waals surface area contributed by atoms with Crippen LogP contribution in [0.5, 0.6) is 0 Å². The van der Waals surface area contributed by atoms with Crippen LogP contribution in [0.4, 0.5) is 4.79 Å². The van der Waals surface area contributed by atoms with Crippen molar-refractivity contribution >= 4 is 12.0 Å². The first-order chi connectivity index (χ1) is 7.91. The van der Waals surface area contributed by atoms with E-state index in [0.717, 1.165) is 19.3 Å². The number of carbonyl (C=O) groups is 2. The van der Waals surface area contributed by atoms with E-state index in [9.17, 15) is 9.59 Å². The predicted octanol–water partition coefficient (Wildman–Crippen LogP) is 1.54. The van der Waals surface area contributed by atoms with Crippen LogP contribution in [0, 0.1) is 11.8 Å². The Morgan fingerprint density at radius 3 is 2.59 bits per heavy atom. The third kappa shape index (κ3) is 3.91. The summed E-state index contributed by atoms with van der Waals surface area (Å²) in [5.41, 5.74) is 0. The van der Waals surface area contributed by atoms with E-state index in [0.29, 0.717) is 5.92 Å². The lowest BCUT2D eigenvalue weighted by Crippen LogP contribution is -2.45. The Balaban J connectivity index is 2.39. The van der Waals surface area contributed by atoms with Gasteiger partial charge in [0.25, 0.3) is 0 Å². The lowest BCUT2D eigenvalue weighted by Gasteiger charge is -2.24. The second-order valence-electron chi connectivity index (χ2n) is 5.08. The SMILES string of the molecule is CC(CN(C)C(=O)NC1CCCC1C)C(=O)O. The van der Waals surface area contributed by atoms with Gasteiger partial charge in [0.1, 0.15) is 0 Å². The highest BCUT2D eigenvalue weighted by atomic mass is 16.4. The number of hydrogen-bond donors (Lipinski definition) is 2. The Labute approximate surface area is 102 Å². The Hall–Kier alpha value is -1.26. The molecule has 1 aliphatic carbocycles. The molecule has 0 aromatic carbocycles. The van der Waals surface area contributed by atoms with Gasteiger partial charge in [0, 0.05) is 19.6 Å². The molecule has 0 heterocycles. The minimum atomic E-state index is -0.876. The van der Waals surface area contributed by atoms with Crippen molar-refractivity contribution < 1.29 is 14.7 Å². The summed E-state index contributed by atoms with van der Waals surface area (Å²) in [7, 11) is 1.63. The molecule has 98 valence electrons. The minimum absolute atomic E-state index is 0.170. The van der Waals surface area contributed by atoms with Gasteiger partial charge >= 0.3 is 12.0 Å². The van der Waals surface area contributed by atoms with Crippen molar-refractivity contribution in [2.24, 2.45) is 11.8 Å². The lowest BCUT2D eigenvalue weighted by molar-refractivity contribution is -0.141. The normalized spacial score (nSPS) is 25.4. The van der Waals surface area contributed by atoms with Crippen LogP contribution in [0.1, 0.15) is 33.1 Å². The molecule has 0 aromatic heterocycles. The molecule has 0 bridgehead atoms. The van der Waals surface area contributed by atoms with Crippen LogP contribution in [0.25, 0.3) is 0 Å². The molecular weight excluding hydrogens is 220 g/mol. The van der Waals surface area contributed by atoms with Gasteiger partial charge in [0.2, 0.25) is 0 Å². The first-order valence-electron chi connectivity index (χ1n) is 6.16. The summed E-state index contributed by atoms with van der Waals surface area (Å²) in [5.74, 6) is -0.894. The van der Waals surface area contributed by atoms with Gasteiger partial charge in [-0.3, -0.25) is 4.79 Å². The van der Waals surface area contributed by atoms with Crippen LogP contribution >= 0.6 is 0 Å². The molecule has 1 fully saturated rings. The lowest BCUT2D eigenvalue weighted by atomic mass is 10.1. The Bertz CT molecular complexity index is 293. The van der Waals surface area contributed by atoms with Crippen LogP contribution < -0.4 is 5.32 Å². The van der Waals surface area contributed by atoms with Gasteiger partial charge in [-0.2, -0.15) is 0 Å². The summed E-state index contributed by atoms with van der Waals surface area (Å²) >= 11 is 0. The van der Waals surface area contributed by atoms with Crippen LogP contribution in [-0.2, 0) is 4.79 Å². The Kier molecular flexibility index (Phi) is 4.78. The quantitative estimate of drug-likeness (QED) is 0.785. The molecule has 3 unspecified atom stereocenters. The molecule has 2 amide bonds. The maximum absolute atomic E-state index is 11.8. The molecule has 5 heteroatoms. The van der Waals surface area contributed by atoms with Crippen molar-refractivity contribution in [2.45, 2.75) is 39.2 Å². The highest BCUT2D eigenvalue weighted by Crippen LogP contribution is 2.24. The standard InChI is InChI=1S/C12H22N2O3/c1-8-5-4-6-10(8)13-12(17)14(3)7-9(2)11(15)16/h8-10H,4-7H2,1-3H3,(H,13,17)(H,15,16). The highest BCUT2D eigenvalue weighted by molar-refractivity contribution is 5.76. The average Bonchev–Trinajstić information content (AvgIpc) is 2.64. The number of amides is 2. The molecule has 3 atom stereocenters. The molecule has 17 heavy (non-hydrogen) atoms. The van der Waals surface area contributed by atoms with E-state index in [1.807, 2.05) is 0 Å². The fourth-order valence-corrected chi connectivity index (χ4v) is 2.20. The molecule has 0 saturated heterocycles. The smallest absolute Gasteiger partial charge is 0.317 e. The van der Waals surface area contributed by atoms with Crippen molar-refractivity contribution in [2.75, 3.05) is 13.6 Å². The maximum Gasteiger partial charge on any atom is 0.317 e. The molecule has 1 aliphatic rings. The van der Waals surface area contributed by atoms with E-state index in [2.05, 4.69) is 12.2 Å². The zero-order valence-corrected chi connectivity index (χ0v) is 10.8. The van der Waals surface area contributed by atoms with E-state index in [4.69, 9.17) is 5.11 Å². The van der Waals surface area contributed by atoms with Gasteiger partial charge in [-0.15, -0.1) is 0 Å². The number of carbonyl (C=O) groups excluding carboxylic acids is 1. The van der Waals surface area contributed by atoms with E-state index in [-0.39, 0.29) is 18.6 Å². The predicted molar refractivity (Wildman–Crippen MR) is 64.8 cm³/mol. The van der Waals surface area contributed by atoms with Crippen molar-refractivity contribution in [3.05, 3.63) is 0 Å². The van der Waals surface area contributed by atoms with E-state index < -0.39 is 11.9 Å². The summed E-state index contributed by atoms with van der Waals surface area (Å²) in [4.78, 5) is 24.0. The molecule has 1 rings (SSSR count). The molecule has 1 saturated carbocycles. The maximum atomic E-state index is 11.8. The Morgan fingerprint density at radius 2 is 2.12 bits per heavy atom. The van der Waals surface area contributed by atoms with Gasteiger partial charge in [0.05, 0.1) is 5.92 Å². The third-order valence-electron chi connectivity index (χ3n) is 3.49. The second kappa shape index (κ2) is 5.89. The van der Waals surface area contributed by atoms with Gasteiger partial charge in [-0.05, 0) is 18.8 Å². The van der Waals surface area contributed by atoms with Crippen molar-refractivity contribution in [3.8, 4) is 0 Å². The fraction of sp³-hybridized carbons (Fsp3) is 0.833. The number of urea groups is 1.